The lowest BCUT2D eigenvalue weighted by atomic mass is 9.94. The number of fused-ring (bicyclic) bond motifs is 1. The molecule has 3 aromatic carbocycles. The highest BCUT2D eigenvalue weighted by Crippen LogP contribution is 2.36. The third kappa shape index (κ3) is 12.3. The molecule has 3 N–H and O–H groups in total. The van der Waals surface area contributed by atoms with E-state index in [1.54, 1.807) is 6.07 Å². The Morgan fingerprint density at radius 3 is 2.29 bits per heavy atom. The first-order valence-electron chi connectivity index (χ1n) is 19.1. The second kappa shape index (κ2) is 19.5. The summed E-state index contributed by atoms with van der Waals surface area (Å²) in [5.41, 5.74) is 5.70. The van der Waals surface area contributed by atoms with Crippen LogP contribution >= 0.6 is 22.6 Å². The van der Waals surface area contributed by atoms with Gasteiger partial charge in [-0.25, -0.2) is 18.9 Å². The molecule has 0 radical (unpaired) electrons. The van der Waals surface area contributed by atoms with Gasteiger partial charge in [0.1, 0.15) is 16.2 Å². The number of pyridine rings is 1. The van der Waals surface area contributed by atoms with Gasteiger partial charge in [0.2, 0.25) is 0 Å². The summed E-state index contributed by atoms with van der Waals surface area (Å²) in [7, 11) is -2.56. The number of benzene rings is 3. The van der Waals surface area contributed by atoms with Gasteiger partial charge >= 0.3 is 6.09 Å². The van der Waals surface area contributed by atoms with E-state index in [9.17, 15) is 9.90 Å². The summed E-state index contributed by atoms with van der Waals surface area (Å²) in [5, 5.41) is 21.8. The van der Waals surface area contributed by atoms with E-state index >= 15 is 4.39 Å². The Morgan fingerprint density at radius 2 is 1.61 bits per heavy atom. The Hall–Kier alpha value is -3.84. The first-order valence-corrected chi connectivity index (χ1v) is 27.6. The summed E-state index contributed by atoms with van der Waals surface area (Å²) >= 11 is 2.23. The summed E-state index contributed by atoms with van der Waals surface area (Å²) in [6.07, 6.45) is 0.0119. The van der Waals surface area contributed by atoms with E-state index in [4.69, 9.17) is 24.3 Å². The van der Waals surface area contributed by atoms with Crippen molar-refractivity contribution in [1.82, 2.24) is 20.1 Å². The summed E-state index contributed by atoms with van der Waals surface area (Å²) in [6, 6.07) is 24.4. The van der Waals surface area contributed by atoms with Crippen LogP contribution in [-0.2, 0) is 35.6 Å². The van der Waals surface area contributed by atoms with E-state index in [2.05, 4.69) is 72.5 Å². The SMILES string of the molecule is CCc1cc(OCOCC[Si](C)(C)C)c(F)cc1-c1cc2c(c(I)nn2COCC[Si](C)(C)C)c(NCc2ccccc2C(Cc2ccccc2)NC(=O)O)n1. The summed E-state index contributed by atoms with van der Waals surface area (Å²) in [6.45, 7) is 17.6. The van der Waals surface area contributed by atoms with Crippen LogP contribution in [0.3, 0.4) is 0 Å². The van der Waals surface area contributed by atoms with Crippen LogP contribution in [0.25, 0.3) is 22.2 Å². The molecular weight excluding hydrogens is 857 g/mol. The van der Waals surface area contributed by atoms with Crippen LogP contribution in [0.2, 0.25) is 51.4 Å². The van der Waals surface area contributed by atoms with Crippen LogP contribution in [0.4, 0.5) is 15.0 Å². The highest BCUT2D eigenvalue weighted by molar-refractivity contribution is 14.1. The van der Waals surface area contributed by atoms with Crippen molar-refractivity contribution in [3.8, 4) is 17.0 Å². The van der Waals surface area contributed by atoms with E-state index in [1.165, 1.54) is 6.07 Å². The van der Waals surface area contributed by atoms with E-state index in [-0.39, 0.29) is 19.3 Å². The maximum absolute atomic E-state index is 15.8. The predicted molar refractivity (Wildman–Crippen MR) is 237 cm³/mol. The normalized spacial score (nSPS) is 12.5. The standard InChI is InChI=1S/C42H55FIN5O5Si2/c1-8-30-23-38(54-28-53-19-21-56(5,6)7)34(43)24-33(30)36-25-37-39(40(44)48-49(37)27-52-18-20-55(2,3)4)41(46-36)45-26-31-16-12-13-17-32(31)35(47-42(50)51)22-29-14-10-9-11-15-29/h9-17,23-25,35,47H,8,18-22,26-28H2,1-7H3,(H,45,46)(H,50,51). The lowest BCUT2D eigenvalue weighted by Crippen LogP contribution is -2.29. The lowest BCUT2D eigenvalue weighted by molar-refractivity contribution is 0.0197. The molecule has 0 spiro atoms. The van der Waals surface area contributed by atoms with Gasteiger partial charge in [-0.15, -0.1) is 0 Å². The molecule has 0 aliphatic heterocycles. The molecule has 0 aliphatic carbocycles. The van der Waals surface area contributed by atoms with Crippen molar-refractivity contribution in [1.29, 1.82) is 0 Å². The molecule has 5 aromatic rings. The Morgan fingerprint density at radius 1 is 0.929 bits per heavy atom. The number of aryl methyl sites for hydroxylation is 1. The molecule has 0 saturated carbocycles. The number of nitrogens with one attached hydrogen (secondary N) is 2. The quantitative estimate of drug-likeness (QED) is 0.0306. The van der Waals surface area contributed by atoms with Crippen molar-refractivity contribution in [3.63, 3.8) is 0 Å². The van der Waals surface area contributed by atoms with Crippen molar-refractivity contribution in [2.24, 2.45) is 0 Å². The molecule has 300 valence electrons. The van der Waals surface area contributed by atoms with Gasteiger partial charge in [0, 0.05) is 41.5 Å². The fraction of sp³-hybridized carbons (Fsp3) is 0.405. The van der Waals surface area contributed by atoms with Gasteiger partial charge in [0.25, 0.3) is 0 Å². The minimum absolute atomic E-state index is 0.0207. The predicted octanol–water partition coefficient (Wildman–Crippen LogP) is 10.6. The number of aromatic nitrogens is 3. The molecule has 10 nitrogen and oxygen atoms in total. The molecule has 1 amide bonds. The van der Waals surface area contributed by atoms with Crippen molar-refractivity contribution in [3.05, 3.63) is 105 Å². The fourth-order valence-electron chi connectivity index (χ4n) is 6.27. The zero-order valence-corrected chi connectivity index (χ0v) is 37.7. The Labute approximate surface area is 345 Å². The average Bonchev–Trinajstić information content (AvgIpc) is 3.46. The highest BCUT2D eigenvalue weighted by Gasteiger charge is 2.22. The molecule has 0 saturated heterocycles. The Bertz CT molecular complexity index is 2090. The zero-order valence-electron chi connectivity index (χ0n) is 33.5. The second-order valence-corrected chi connectivity index (χ2v) is 28.7. The van der Waals surface area contributed by atoms with E-state index < -0.39 is 34.1 Å². The summed E-state index contributed by atoms with van der Waals surface area (Å²) < 4.78 is 36.0. The molecule has 5 rings (SSSR count). The van der Waals surface area contributed by atoms with Crippen LogP contribution in [0.1, 0.15) is 35.2 Å². The van der Waals surface area contributed by atoms with Crippen LogP contribution in [0.5, 0.6) is 5.75 Å². The maximum atomic E-state index is 15.8. The molecule has 14 heteroatoms. The van der Waals surface area contributed by atoms with Gasteiger partial charge in [-0.05, 0) is 88.0 Å². The fourth-order valence-corrected chi connectivity index (χ4v) is 8.58. The van der Waals surface area contributed by atoms with Crippen LogP contribution < -0.4 is 15.4 Å². The number of hydrogen-bond acceptors (Lipinski definition) is 7. The average molecular weight is 912 g/mol. The minimum Gasteiger partial charge on any atom is -0.465 e. The lowest BCUT2D eigenvalue weighted by Gasteiger charge is -2.21. The van der Waals surface area contributed by atoms with Gasteiger partial charge in [-0.1, -0.05) is 101 Å². The van der Waals surface area contributed by atoms with E-state index in [0.717, 1.165) is 48.9 Å². The van der Waals surface area contributed by atoms with Gasteiger partial charge in [-0.3, -0.25) is 0 Å². The van der Waals surface area contributed by atoms with Gasteiger partial charge in [0.05, 0.1) is 22.6 Å². The van der Waals surface area contributed by atoms with Crippen LogP contribution in [0.15, 0.2) is 72.8 Å². The Balaban J connectivity index is 1.50. The molecule has 1 unspecified atom stereocenters. The van der Waals surface area contributed by atoms with E-state index in [1.807, 2.05) is 72.3 Å². The molecule has 1 atom stereocenters. The first-order chi connectivity index (χ1) is 26.6. The molecule has 0 fully saturated rings. The highest BCUT2D eigenvalue weighted by atomic mass is 127. The first kappa shape index (κ1) is 43.3. The van der Waals surface area contributed by atoms with E-state index in [0.29, 0.717) is 49.7 Å². The van der Waals surface area contributed by atoms with Gasteiger partial charge < -0.3 is 30.0 Å². The summed E-state index contributed by atoms with van der Waals surface area (Å²) in [4.78, 5) is 17.1. The smallest absolute Gasteiger partial charge is 0.405 e. The van der Waals surface area contributed by atoms with Crippen molar-refractivity contribution in [2.45, 2.75) is 90.5 Å². The third-order valence-electron chi connectivity index (χ3n) is 9.47. The van der Waals surface area contributed by atoms with Crippen molar-refractivity contribution in [2.75, 3.05) is 25.3 Å². The number of carboxylic acid groups (broad SMARTS) is 1. The van der Waals surface area contributed by atoms with Crippen molar-refractivity contribution < 1.29 is 28.5 Å². The number of rotatable bonds is 20. The molecule has 56 heavy (non-hydrogen) atoms. The number of nitrogens with zero attached hydrogens (tertiary/aromatic N) is 3. The second-order valence-electron chi connectivity index (χ2n) is 16.4. The minimum atomic E-state index is -1.30. The number of amides is 1. The number of ether oxygens (including phenoxy) is 3. The Kier molecular flexibility index (Phi) is 15.1. The molecular formula is C42H55FIN5O5Si2. The monoisotopic (exact) mass is 911 g/mol. The zero-order chi connectivity index (χ0) is 40.5. The largest absolute Gasteiger partial charge is 0.465 e. The summed E-state index contributed by atoms with van der Waals surface area (Å²) in [5.74, 6) is 0.226. The molecule has 0 aliphatic rings. The number of hydrogen-bond donors (Lipinski definition) is 3. The molecule has 2 aromatic heterocycles. The van der Waals surface area contributed by atoms with Gasteiger partial charge in [0.15, 0.2) is 18.4 Å². The van der Waals surface area contributed by atoms with Crippen LogP contribution in [0, 0.1) is 9.52 Å². The topological polar surface area (TPSA) is 120 Å². The van der Waals surface area contributed by atoms with Crippen LogP contribution in [-0.4, -0.2) is 62.1 Å². The van der Waals surface area contributed by atoms with Crippen molar-refractivity contribution >= 4 is 61.6 Å². The maximum Gasteiger partial charge on any atom is 0.405 e. The number of carbonyl (C=O) groups is 1. The van der Waals surface area contributed by atoms with Gasteiger partial charge in [-0.2, -0.15) is 5.10 Å². The molecule has 0 bridgehead atoms. The number of halogens is 2. The number of anilines is 1. The third-order valence-corrected chi connectivity index (χ3v) is 13.6. The molecule has 2 heterocycles.